The van der Waals surface area contributed by atoms with Gasteiger partial charge in [0.1, 0.15) is 11.4 Å². The SMILES string of the molecule is COC(=Nc1c(Cl)cccc1Cl)C(OC)c1ccc(OC)cc1. The summed E-state index contributed by atoms with van der Waals surface area (Å²) in [7, 11) is 4.72. The monoisotopic (exact) mass is 353 g/mol. The summed E-state index contributed by atoms with van der Waals surface area (Å²) >= 11 is 12.3. The molecule has 0 bridgehead atoms. The topological polar surface area (TPSA) is 40.0 Å². The molecular weight excluding hydrogens is 337 g/mol. The molecule has 0 N–H and O–H groups in total. The Morgan fingerprint density at radius 2 is 1.57 bits per heavy atom. The molecule has 2 rings (SSSR count). The third kappa shape index (κ3) is 4.16. The van der Waals surface area contributed by atoms with Gasteiger partial charge in [0, 0.05) is 7.11 Å². The van der Waals surface area contributed by atoms with Crippen LogP contribution in [0.5, 0.6) is 5.75 Å². The maximum Gasteiger partial charge on any atom is 0.223 e. The molecule has 0 aliphatic rings. The molecule has 0 fully saturated rings. The van der Waals surface area contributed by atoms with Crippen LogP contribution in [0.25, 0.3) is 0 Å². The molecule has 2 aromatic rings. The Bertz CT molecular complexity index is 666. The average molecular weight is 354 g/mol. The van der Waals surface area contributed by atoms with Gasteiger partial charge in [0.25, 0.3) is 0 Å². The summed E-state index contributed by atoms with van der Waals surface area (Å²) in [5, 5.41) is 0.883. The van der Waals surface area contributed by atoms with Gasteiger partial charge in [-0.15, -0.1) is 0 Å². The second-order valence-corrected chi connectivity index (χ2v) is 5.43. The van der Waals surface area contributed by atoms with Crippen molar-refractivity contribution in [1.82, 2.24) is 0 Å². The van der Waals surface area contributed by atoms with Crippen LogP contribution in [0.15, 0.2) is 47.5 Å². The molecule has 6 heteroatoms. The fraction of sp³-hybridized carbons (Fsp3) is 0.235. The van der Waals surface area contributed by atoms with Crippen LogP contribution in [0.1, 0.15) is 11.7 Å². The molecule has 0 saturated carbocycles. The molecule has 0 aromatic heterocycles. The average Bonchev–Trinajstić information content (AvgIpc) is 2.57. The van der Waals surface area contributed by atoms with Gasteiger partial charge < -0.3 is 14.2 Å². The van der Waals surface area contributed by atoms with Gasteiger partial charge in [-0.05, 0) is 29.8 Å². The van der Waals surface area contributed by atoms with Crippen molar-refractivity contribution in [2.45, 2.75) is 6.10 Å². The van der Waals surface area contributed by atoms with E-state index in [1.54, 1.807) is 32.4 Å². The van der Waals surface area contributed by atoms with Crippen LogP contribution >= 0.6 is 23.2 Å². The Morgan fingerprint density at radius 1 is 0.957 bits per heavy atom. The van der Waals surface area contributed by atoms with Crippen molar-refractivity contribution in [3.05, 3.63) is 58.1 Å². The van der Waals surface area contributed by atoms with E-state index in [-0.39, 0.29) is 0 Å². The van der Waals surface area contributed by atoms with E-state index in [2.05, 4.69) is 4.99 Å². The van der Waals surface area contributed by atoms with Gasteiger partial charge >= 0.3 is 0 Å². The predicted octanol–water partition coefficient (Wildman–Crippen LogP) is 5.07. The number of hydrogen-bond acceptors (Lipinski definition) is 4. The molecule has 1 atom stereocenters. The lowest BCUT2D eigenvalue weighted by molar-refractivity contribution is 0.135. The Balaban J connectivity index is 2.41. The molecule has 0 heterocycles. The van der Waals surface area contributed by atoms with Gasteiger partial charge in [-0.1, -0.05) is 41.4 Å². The number of nitrogens with zero attached hydrogens (tertiary/aromatic N) is 1. The Hall–Kier alpha value is -1.75. The van der Waals surface area contributed by atoms with E-state index in [0.29, 0.717) is 21.6 Å². The Kier molecular flexibility index (Phi) is 6.28. The van der Waals surface area contributed by atoms with E-state index >= 15 is 0 Å². The molecule has 0 aliphatic heterocycles. The highest BCUT2D eigenvalue weighted by atomic mass is 35.5. The van der Waals surface area contributed by atoms with Crippen molar-refractivity contribution in [3.63, 3.8) is 0 Å². The molecule has 23 heavy (non-hydrogen) atoms. The van der Waals surface area contributed by atoms with Crippen LogP contribution < -0.4 is 4.74 Å². The summed E-state index contributed by atoms with van der Waals surface area (Å²) in [6, 6.07) is 12.6. The van der Waals surface area contributed by atoms with Gasteiger partial charge in [-0.2, -0.15) is 0 Å². The van der Waals surface area contributed by atoms with E-state index in [0.717, 1.165) is 11.3 Å². The van der Waals surface area contributed by atoms with Crippen LogP contribution in [-0.4, -0.2) is 27.2 Å². The van der Waals surface area contributed by atoms with Crippen molar-refractivity contribution in [1.29, 1.82) is 0 Å². The fourth-order valence-electron chi connectivity index (χ4n) is 2.08. The molecule has 0 amide bonds. The number of benzene rings is 2. The first-order chi connectivity index (χ1) is 11.1. The number of ether oxygens (including phenoxy) is 3. The highest BCUT2D eigenvalue weighted by molar-refractivity contribution is 6.38. The van der Waals surface area contributed by atoms with Crippen molar-refractivity contribution < 1.29 is 14.2 Å². The summed E-state index contributed by atoms with van der Waals surface area (Å²) in [5.74, 6) is 1.11. The van der Waals surface area contributed by atoms with Gasteiger partial charge in [0.15, 0.2) is 6.10 Å². The summed E-state index contributed by atoms with van der Waals surface area (Å²) in [4.78, 5) is 4.44. The molecule has 2 aromatic carbocycles. The highest BCUT2D eigenvalue weighted by Gasteiger charge is 2.20. The number of aliphatic imine (C=N–C) groups is 1. The number of methoxy groups -OCH3 is 3. The molecule has 0 aliphatic carbocycles. The Labute approximate surface area is 145 Å². The molecule has 0 radical (unpaired) electrons. The lowest BCUT2D eigenvalue weighted by atomic mass is 10.1. The third-order valence-corrected chi connectivity index (χ3v) is 3.86. The molecule has 1 unspecified atom stereocenters. The van der Waals surface area contributed by atoms with Gasteiger partial charge in [-0.3, -0.25) is 0 Å². The van der Waals surface area contributed by atoms with Crippen LogP contribution in [0, 0.1) is 0 Å². The van der Waals surface area contributed by atoms with E-state index in [9.17, 15) is 0 Å². The number of para-hydroxylation sites is 1. The minimum absolute atomic E-state index is 0.354. The fourth-order valence-corrected chi connectivity index (χ4v) is 2.56. The molecule has 0 spiro atoms. The maximum atomic E-state index is 6.16. The zero-order chi connectivity index (χ0) is 16.8. The summed E-state index contributed by atoms with van der Waals surface area (Å²) < 4.78 is 16.1. The third-order valence-electron chi connectivity index (χ3n) is 3.25. The first-order valence-corrected chi connectivity index (χ1v) is 7.59. The second kappa shape index (κ2) is 8.20. The Morgan fingerprint density at radius 3 is 2.04 bits per heavy atom. The lowest BCUT2D eigenvalue weighted by Gasteiger charge is -2.18. The number of rotatable bonds is 5. The van der Waals surface area contributed by atoms with E-state index in [1.165, 1.54) is 7.11 Å². The smallest absolute Gasteiger partial charge is 0.223 e. The van der Waals surface area contributed by atoms with E-state index in [1.807, 2.05) is 24.3 Å². The van der Waals surface area contributed by atoms with Crippen LogP contribution in [-0.2, 0) is 9.47 Å². The zero-order valence-electron chi connectivity index (χ0n) is 13.0. The van der Waals surface area contributed by atoms with Crippen LogP contribution in [0.4, 0.5) is 5.69 Å². The van der Waals surface area contributed by atoms with Crippen molar-refractivity contribution in [2.24, 2.45) is 4.99 Å². The van der Waals surface area contributed by atoms with Gasteiger partial charge in [-0.25, -0.2) is 4.99 Å². The summed E-state index contributed by atoms with van der Waals surface area (Å²) in [6.45, 7) is 0. The molecule has 4 nitrogen and oxygen atoms in total. The quantitative estimate of drug-likeness (QED) is 0.556. The summed E-state index contributed by atoms with van der Waals surface area (Å²) in [6.07, 6.45) is -0.488. The van der Waals surface area contributed by atoms with Crippen molar-refractivity contribution in [2.75, 3.05) is 21.3 Å². The van der Waals surface area contributed by atoms with Crippen LogP contribution in [0.3, 0.4) is 0 Å². The predicted molar refractivity (Wildman–Crippen MR) is 93.3 cm³/mol. The van der Waals surface area contributed by atoms with Crippen LogP contribution in [0.2, 0.25) is 10.0 Å². The molecular formula is C17H17Cl2NO3. The summed E-state index contributed by atoms with van der Waals surface area (Å²) in [5.41, 5.74) is 1.32. The van der Waals surface area contributed by atoms with E-state index in [4.69, 9.17) is 37.4 Å². The zero-order valence-corrected chi connectivity index (χ0v) is 14.6. The molecule has 122 valence electrons. The minimum Gasteiger partial charge on any atom is -0.497 e. The number of halogens is 2. The van der Waals surface area contributed by atoms with E-state index < -0.39 is 6.10 Å². The molecule has 0 saturated heterocycles. The largest absolute Gasteiger partial charge is 0.497 e. The normalized spacial score (nSPS) is 12.8. The van der Waals surface area contributed by atoms with Gasteiger partial charge in [0.05, 0.1) is 24.3 Å². The lowest BCUT2D eigenvalue weighted by Crippen LogP contribution is -2.16. The van der Waals surface area contributed by atoms with Crippen molar-refractivity contribution >= 4 is 34.8 Å². The first-order valence-electron chi connectivity index (χ1n) is 6.84. The van der Waals surface area contributed by atoms with Crippen molar-refractivity contribution in [3.8, 4) is 5.75 Å². The van der Waals surface area contributed by atoms with Gasteiger partial charge in [0.2, 0.25) is 5.90 Å². The maximum absolute atomic E-state index is 6.16. The minimum atomic E-state index is -0.488. The highest BCUT2D eigenvalue weighted by Crippen LogP contribution is 2.34. The first kappa shape index (κ1) is 17.6. The number of hydrogen-bond donors (Lipinski definition) is 0. The second-order valence-electron chi connectivity index (χ2n) is 4.61. The standard InChI is InChI=1S/C17H17Cl2NO3/c1-21-12-9-7-11(8-10-12)16(22-2)17(23-3)20-15-13(18)5-4-6-14(15)19/h4-10,16H,1-3H3.